The summed E-state index contributed by atoms with van der Waals surface area (Å²) in [6.07, 6.45) is 1.46. The van der Waals surface area contributed by atoms with Crippen LogP contribution in [0.25, 0.3) is 0 Å². The maximum atomic E-state index is 11.3. The van der Waals surface area contributed by atoms with Crippen LogP contribution in [-0.4, -0.2) is 29.3 Å². The Bertz CT molecular complexity index is 463. The molecule has 0 aliphatic heterocycles. The summed E-state index contributed by atoms with van der Waals surface area (Å²) >= 11 is 0. The third-order valence-corrected chi connectivity index (χ3v) is 3.24. The summed E-state index contributed by atoms with van der Waals surface area (Å²) in [4.78, 5) is 10.9. The van der Waals surface area contributed by atoms with Gasteiger partial charge in [-0.1, -0.05) is 19.4 Å². The Morgan fingerprint density at radius 1 is 1.43 bits per heavy atom. The maximum Gasteiger partial charge on any atom is 0.333 e. The average molecular weight is 296 g/mol. The Morgan fingerprint density at radius 2 is 2.14 bits per heavy atom. The van der Waals surface area contributed by atoms with Gasteiger partial charge in [0.05, 0.1) is 11.0 Å². The number of nitrogens with zero attached hydrogens (tertiary/aromatic N) is 1. The lowest BCUT2D eigenvalue weighted by atomic mass is 10.0. The Hall–Kier alpha value is -1.82. The summed E-state index contributed by atoms with van der Waals surface area (Å²) in [7, 11) is 0. The fourth-order valence-electron chi connectivity index (χ4n) is 2.09. The molecule has 21 heavy (non-hydrogen) atoms. The molecule has 118 valence electrons. The minimum atomic E-state index is -0.424. The molecule has 0 aliphatic rings. The van der Waals surface area contributed by atoms with E-state index in [0.717, 1.165) is 6.42 Å². The molecule has 6 nitrogen and oxygen atoms in total. The van der Waals surface area contributed by atoms with Gasteiger partial charge in [-0.05, 0) is 38.3 Å². The largest absolute Gasteiger partial charge is 0.484 e. The van der Waals surface area contributed by atoms with Crippen LogP contribution in [0.15, 0.2) is 18.2 Å². The van der Waals surface area contributed by atoms with Gasteiger partial charge in [0.1, 0.15) is 5.69 Å². The molecule has 0 aromatic heterocycles. The first-order chi connectivity index (χ1) is 9.99. The molecule has 0 heterocycles. The van der Waals surface area contributed by atoms with E-state index in [2.05, 4.69) is 5.32 Å². The van der Waals surface area contributed by atoms with Crippen LogP contribution in [0.4, 0.5) is 11.4 Å². The number of hydrogen-bond donors (Lipinski definition) is 2. The van der Waals surface area contributed by atoms with E-state index in [9.17, 15) is 10.1 Å². The van der Waals surface area contributed by atoms with Crippen LogP contribution in [-0.2, 0) is 0 Å². The first kappa shape index (κ1) is 17.2. The van der Waals surface area contributed by atoms with E-state index in [1.165, 1.54) is 0 Å². The van der Waals surface area contributed by atoms with E-state index >= 15 is 0 Å². The minimum Gasteiger partial charge on any atom is -0.484 e. The highest BCUT2D eigenvalue weighted by molar-refractivity contribution is 5.68. The van der Waals surface area contributed by atoms with E-state index in [0.29, 0.717) is 18.7 Å². The SMILES string of the molecule is CCC(CCO)CNc1cccc(OC(C)C)c1[N+](=O)[O-]. The predicted molar refractivity (Wildman–Crippen MR) is 82.8 cm³/mol. The number of rotatable bonds is 9. The van der Waals surface area contributed by atoms with Crippen molar-refractivity contribution in [3.8, 4) is 5.75 Å². The average Bonchev–Trinajstić information content (AvgIpc) is 2.42. The van der Waals surface area contributed by atoms with Crippen LogP contribution >= 0.6 is 0 Å². The Morgan fingerprint density at radius 3 is 2.67 bits per heavy atom. The Kier molecular flexibility index (Phi) is 6.94. The number of benzene rings is 1. The third-order valence-electron chi connectivity index (χ3n) is 3.24. The van der Waals surface area contributed by atoms with Gasteiger partial charge < -0.3 is 15.2 Å². The standard InChI is InChI=1S/C15H24N2O4/c1-4-12(8-9-18)10-16-13-6-5-7-14(21-11(2)3)15(13)17(19)20/h5-7,11-12,16,18H,4,8-10H2,1-3H3. The van der Waals surface area contributed by atoms with Crippen molar-refractivity contribution in [2.24, 2.45) is 5.92 Å². The first-order valence-electron chi connectivity index (χ1n) is 7.28. The zero-order chi connectivity index (χ0) is 15.8. The highest BCUT2D eigenvalue weighted by Crippen LogP contribution is 2.35. The molecule has 0 fully saturated rings. The Labute approximate surface area is 125 Å². The monoisotopic (exact) mass is 296 g/mol. The number of anilines is 1. The second-order valence-electron chi connectivity index (χ2n) is 5.24. The molecule has 0 spiro atoms. The number of nitro groups is 1. The molecule has 1 atom stereocenters. The molecule has 2 N–H and O–H groups in total. The molecule has 0 saturated heterocycles. The predicted octanol–water partition coefficient (Wildman–Crippen LogP) is 3.20. The maximum absolute atomic E-state index is 11.3. The summed E-state index contributed by atoms with van der Waals surface area (Å²) < 4.78 is 5.51. The van der Waals surface area contributed by atoms with E-state index in [4.69, 9.17) is 9.84 Å². The van der Waals surface area contributed by atoms with Crippen molar-refractivity contribution in [1.82, 2.24) is 0 Å². The number of hydrogen-bond acceptors (Lipinski definition) is 5. The minimum absolute atomic E-state index is 0.0370. The number of nitro benzene ring substituents is 1. The molecular weight excluding hydrogens is 272 g/mol. The Balaban J connectivity index is 2.93. The van der Waals surface area contributed by atoms with Gasteiger partial charge in [0.25, 0.3) is 0 Å². The van der Waals surface area contributed by atoms with Gasteiger partial charge in [0.2, 0.25) is 0 Å². The molecular formula is C15H24N2O4. The van der Waals surface area contributed by atoms with E-state index < -0.39 is 4.92 Å². The molecule has 1 rings (SSSR count). The number of para-hydroxylation sites is 1. The number of aliphatic hydroxyl groups excluding tert-OH is 1. The fraction of sp³-hybridized carbons (Fsp3) is 0.600. The van der Waals surface area contributed by atoms with Crippen molar-refractivity contribution in [3.05, 3.63) is 28.3 Å². The number of ether oxygens (including phenoxy) is 1. The zero-order valence-electron chi connectivity index (χ0n) is 12.8. The summed E-state index contributed by atoms with van der Waals surface area (Å²) in [5, 5.41) is 23.4. The second kappa shape index (κ2) is 8.46. The molecule has 0 bridgehead atoms. The van der Waals surface area contributed by atoms with Crippen molar-refractivity contribution < 1.29 is 14.8 Å². The fourth-order valence-corrected chi connectivity index (χ4v) is 2.09. The second-order valence-corrected chi connectivity index (χ2v) is 5.24. The van der Waals surface area contributed by atoms with E-state index in [1.54, 1.807) is 18.2 Å². The number of aliphatic hydroxyl groups is 1. The molecule has 6 heteroatoms. The van der Waals surface area contributed by atoms with E-state index in [-0.39, 0.29) is 30.1 Å². The molecule has 1 aromatic rings. The van der Waals surface area contributed by atoms with Gasteiger partial charge >= 0.3 is 5.69 Å². The van der Waals surface area contributed by atoms with Crippen molar-refractivity contribution in [2.75, 3.05) is 18.5 Å². The number of nitrogens with one attached hydrogen (secondary N) is 1. The normalized spacial score (nSPS) is 12.2. The van der Waals surface area contributed by atoms with Crippen molar-refractivity contribution >= 4 is 11.4 Å². The van der Waals surface area contributed by atoms with Crippen molar-refractivity contribution in [1.29, 1.82) is 0 Å². The molecule has 0 aliphatic carbocycles. The van der Waals surface area contributed by atoms with Gasteiger partial charge in [-0.15, -0.1) is 0 Å². The zero-order valence-corrected chi connectivity index (χ0v) is 12.8. The summed E-state index contributed by atoms with van der Waals surface area (Å²) in [5.41, 5.74) is 0.416. The molecule has 0 amide bonds. The van der Waals surface area contributed by atoms with Gasteiger partial charge in [0, 0.05) is 13.2 Å². The lowest BCUT2D eigenvalue weighted by Gasteiger charge is -2.17. The topological polar surface area (TPSA) is 84.6 Å². The van der Waals surface area contributed by atoms with Crippen molar-refractivity contribution in [3.63, 3.8) is 0 Å². The van der Waals surface area contributed by atoms with Gasteiger partial charge in [0.15, 0.2) is 5.75 Å². The quantitative estimate of drug-likeness (QED) is 0.540. The lowest BCUT2D eigenvalue weighted by molar-refractivity contribution is -0.385. The van der Waals surface area contributed by atoms with Crippen LogP contribution in [0.3, 0.4) is 0 Å². The van der Waals surface area contributed by atoms with Crippen LogP contribution in [0.5, 0.6) is 5.75 Å². The van der Waals surface area contributed by atoms with Crippen molar-refractivity contribution in [2.45, 2.75) is 39.7 Å². The summed E-state index contributed by atoms with van der Waals surface area (Å²) in [5.74, 6) is 0.555. The first-order valence-corrected chi connectivity index (χ1v) is 7.28. The third kappa shape index (κ3) is 5.23. The molecule has 1 unspecified atom stereocenters. The van der Waals surface area contributed by atoms with Crippen LogP contribution in [0.2, 0.25) is 0 Å². The summed E-state index contributed by atoms with van der Waals surface area (Å²) in [6.45, 7) is 6.41. The molecule has 1 aromatic carbocycles. The van der Waals surface area contributed by atoms with Crippen LogP contribution in [0, 0.1) is 16.0 Å². The lowest BCUT2D eigenvalue weighted by Crippen LogP contribution is -2.16. The van der Waals surface area contributed by atoms with Gasteiger partial charge in [-0.25, -0.2) is 0 Å². The molecule has 0 radical (unpaired) electrons. The smallest absolute Gasteiger partial charge is 0.333 e. The van der Waals surface area contributed by atoms with Gasteiger partial charge in [-0.3, -0.25) is 10.1 Å². The van der Waals surface area contributed by atoms with Crippen LogP contribution < -0.4 is 10.1 Å². The summed E-state index contributed by atoms with van der Waals surface area (Å²) in [6, 6.07) is 5.02. The highest BCUT2D eigenvalue weighted by atomic mass is 16.6. The van der Waals surface area contributed by atoms with Crippen LogP contribution in [0.1, 0.15) is 33.6 Å². The molecule has 0 saturated carbocycles. The van der Waals surface area contributed by atoms with Gasteiger partial charge in [-0.2, -0.15) is 0 Å². The van der Waals surface area contributed by atoms with E-state index in [1.807, 2.05) is 20.8 Å². The highest BCUT2D eigenvalue weighted by Gasteiger charge is 2.22.